The molecule has 1 aromatic rings. The molecule has 80 valence electrons. The topological polar surface area (TPSA) is 47.6 Å². The summed E-state index contributed by atoms with van der Waals surface area (Å²) in [5.41, 5.74) is 1.49. The van der Waals surface area contributed by atoms with E-state index in [-0.39, 0.29) is 5.41 Å². The van der Waals surface area contributed by atoms with E-state index in [4.69, 9.17) is 5.26 Å². The third-order valence-corrected chi connectivity index (χ3v) is 2.29. The fraction of sp³-hybridized carbons (Fsp3) is 0.286. The SMILES string of the molecule is CC(C)(C)/C(C#N)=C(\C#N)c1ccccc1. The maximum atomic E-state index is 9.19. The van der Waals surface area contributed by atoms with Gasteiger partial charge in [-0.15, -0.1) is 0 Å². The zero-order chi connectivity index (χ0) is 12.2. The molecular weight excluding hydrogens is 196 g/mol. The Morgan fingerprint density at radius 1 is 1.00 bits per heavy atom. The number of nitriles is 2. The fourth-order valence-corrected chi connectivity index (χ4v) is 1.47. The van der Waals surface area contributed by atoms with E-state index in [1.54, 1.807) is 0 Å². The molecule has 0 N–H and O–H groups in total. The molecule has 1 rings (SSSR count). The first-order valence-corrected chi connectivity index (χ1v) is 5.11. The van der Waals surface area contributed by atoms with E-state index >= 15 is 0 Å². The minimum absolute atomic E-state index is 0.310. The second-order valence-corrected chi connectivity index (χ2v) is 4.59. The van der Waals surface area contributed by atoms with Crippen molar-refractivity contribution in [2.75, 3.05) is 0 Å². The maximum absolute atomic E-state index is 9.19. The normalized spacial score (nSPS) is 12.3. The van der Waals surface area contributed by atoms with Crippen LogP contribution in [-0.2, 0) is 0 Å². The standard InChI is InChI=1S/C14H14N2/c1-14(2,3)13(10-16)12(9-15)11-7-5-4-6-8-11/h4-8H,1-3H3/b13-12+. The van der Waals surface area contributed by atoms with Crippen molar-refractivity contribution in [3.63, 3.8) is 0 Å². The molecule has 0 heterocycles. The van der Waals surface area contributed by atoms with Crippen molar-refractivity contribution in [2.45, 2.75) is 20.8 Å². The zero-order valence-electron chi connectivity index (χ0n) is 9.78. The van der Waals surface area contributed by atoms with E-state index < -0.39 is 0 Å². The van der Waals surface area contributed by atoms with E-state index in [1.165, 1.54) is 0 Å². The Labute approximate surface area is 96.4 Å². The summed E-state index contributed by atoms with van der Waals surface area (Å²) in [4.78, 5) is 0. The minimum Gasteiger partial charge on any atom is -0.193 e. The Bertz CT molecular complexity index is 476. The van der Waals surface area contributed by atoms with Crippen molar-refractivity contribution in [3.8, 4) is 12.1 Å². The second kappa shape index (κ2) is 4.64. The molecule has 0 spiro atoms. The minimum atomic E-state index is -0.310. The van der Waals surface area contributed by atoms with Crippen molar-refractivity contribution >= 4 is 5.57 Å². The molecular formula is C14H14N2. The molecule has 2 nitrogen and oxygen atoms in total. The van der Waals surface area contributed by atoms with Gasteiger partial charge in [-0.25, -0.2) is 0 Å². The van der Waals surface area contributed by atoms with Crippen LogP contribution in [-0.4, -0.2) is 0 Å². The van der Waals surface area contributed by atoms with Gasteiger partial charge in [-0.3, -0.25) is 0 Å². The van der Waals surface area contributed by atoms with Crippen LogP contribution < -0.4 is 0 Å². The summed E-state index contributed by atoms with van der Waals surface area (Å²) in [6.45, 7) is 5.81. The lowest BCUT2D eigenvalue weighted by molar-refractivity contribution is 0.522. The first-order chi connectivity index (χ1) is 7.50. The van der Waals surface area contributed by atoms with Crippen molar-refractivity contribution in [1.29, 1.82) is 10.5 Å². The molecule has 0 aliphatic rings. The van der Waals surface area contributed by atoms with Gasteiger partial charge in [0.25, 0.3) is 0 Å². The predicted molar refractivity (Wildman–Crippen MR) is 64.0 cm³/mol. The molecule has 0 radical (unpaired) electrons. The molecule has 0 aliphatic carbocycles. The van der Waals surface area contributed by atoms with Gasteiger partial charge in [-0.05, 0) is 11.0 Å². The molecule has 0 saturated carbocycles. The largest absolute Gasteiger partial charge is 0.193 e. The monoisotopic (exact) mass is 210 g/mol. The first kappa shape index (κ1) is 12.0. The number of benzene rings is 1. The van der Waals surface area contributed by atoms with Gasteiger partial charge in [0.2, 0.25) is 0 Å². The lowest BCUT2D eigenvalue weighted by Crippen LogP contribution is -2.10. The van der Waals surface area contributed by atoms with Crippen molar-refractivity contribution < 1.29 is 0 Å². The van der Waals surface area contributed by atoms with Gasteiger partial charge in [0.15, 0.2) is 0 Å². The third-order valence-electron chi connectivity index (χ3n) is 2.29. The average Bonchev–Trinajstić information content (AvgIpc) is 2.25. The highest BCUT2D eigenvalue weighted by molar-refractivity contribution is 5.82. The number of allylic oxidation sites excluding steroid dienone is 2. The predicted octanol–water partition coefficient (Wildman–Crippen LogP) is 3.53. The summed E-state index contributed by atoms with van der Waals surface area (Å²) >= 11 is 0. The zero-order valence-corrected chi connectivity index (χ0v) is 9.78. The average molecular weight is 210 g/mol. The van der Waals surface area contributed by atoms with Gasteiger partial charge in [-0.2, -0.15) is 10.5 Å². The van der Waals surface area contributed by atoms with E-state index in [0.29, 0.717) is 11.1 Å². The van der Waals surface area contributed by atoms with E-state index in [9.17, 15) is 5.26 Å². The van der Waals surface area contributed by atoms with Crippen LogP contribution >= 0.6 is 0 Å². The van der Waals surface area contributed by atoms with Gasteiger partial charge in [0, 0.05) is 0 Å². The van der Waals surface area contributed by atoms with Crippen LogP contribution in [0.4, 0.5) is 0 Å². The van der Waals surface area contributed by atoms with Crippen LogP contribution in [0.3, 0.4) is 0 Å². The smallest absolute Gasteiger partial charge is 0.101 e. The van der Waals surface area contributed by atoms with Crippen molar-refractivity contribution in [2.24, 2.45) is 5.41 Å². The molecule has 0 fully saturated rings. The third kappa shape index (κ3) is 2.49. The molecule has 0 aromatic heterocycles. The van der Waals surface area contributed by atoms with E-state index in [0.717, 1.165) is 5.56 Å². The van der Waals surface area contributed by atoms with Crippen LogP contribution in [0.2, 0.25) is 0 Å². The van der Waals surface area contributed by atoms with Crippen LogP contribution in [0.25, 0.3) is 5.57 Å². The molecule has 0 amide bonds. The van der Waals surface area contributed by atoms with Gasteiger partial charge in [0.1, 0.15) is 6.07 Å². The number of nitrogens with zero attached hydrogens (tertiary/aromatic N) is 2. The summed E-state index contributed by atoms with van der Waals surface area (Å²) in [6.07, 6.45) is 0. The lowest BCUT2D eigenvalue weighted by Gasteiger charge is -2.18. The first-order valence-electron chi connectivity index (χ1n) is 5.11. The Balaban J connectivity index is 3.43. The summed E-state index contributed by atoms with van der Waals surface area (Å²) < 4.78 is 0. The summed E-state index contributed by atoms with van der Waals surface area (Å²) in [5, 5.41) is 18.4. The van der Waals surface area contributed by atoms with Crippen molar-refractivity contribution in [3.05, 3.63) is 41.5 Å². The highest BCUT2D eigenvalue weighted by Gasteiger charge is 2.22. The number of hydrogen-bond acceptors (Lipinski definition) is 2. The number of hydrogen-bond donors (Lipinski definition) is 0. The highest BCUT2D eigenvalue weighted by Crippen LogP contribution is 2.31. The van der Waals surface area contributed by atoms with E-state index in [1.807, 2.05) is 51.1 Å². The maximum Gasteiger partial charge on any atom is 0.101 e. The van der Waals surface area contributed by atoms with Crippen molar-refractivity contribution in [1.82, 2.24) is 0 Å². The Morgan fingerprint density at radius 2 is 1.56 bits per heavy atom. The summed E-state index contributed by atoms with van der Waals surface area (Å²) in [5.74, 6) is 0. The molecule has 0 aliphatic heterocycles. The molecule has 0 unspecified atom stereocenters. The molecule has 16 heavy (non-hydrogen) atoms. The highest BCUT2D eigenvalue weighted by atomic mass is 14.3. The molecule has 0 atom stereocenters. The summed E-state index contributed by atoms with van der Waals surface area (Å²) in [7, 11) is 0. The number of rotatable bonds is 1. The van der Waals surface area contributed by atoms with Gasteiger partial charge < -0.3 is 0 Å². The molecule has 2 heteroatoms. The Morgan fingerprint density at radius 3 is 1.94 bits per heavy atom. The quantitative estimate of drug-likeness (QED) is 0.665. The van der Waals surface area contributed by atoms with Gasteiger partial charge >= 0.3 is 0 Å². The molecule has 0 bridgehead atoms. The molecule has 1 aromatic carbocycles. The van der Waals surface area contributed by atoms with Crippen LogP contribution in [0.1, 0.15) is 26.3 Å². The lowest BCUT2D eigenvalue weighted by atomic mass is 9.82. The van der Waals surface area contributed by atoms with E-state index in [2.05, 4.69) is 12.1 Å². The van der Waals surface area contributed by atoms with Crippen LogP contribution in [0.5, 0.6) is 0 Å². The van der Waals surface area contributed by atoms with Crippen LogP contribution in [0, 0.1) is 28.1 Å². The Kier molecular flexibility index (Phi) is 3.48. The second-order valence-electron chi connectivity index (χ2n) is 4.59. The Hall–Kier alpha value is -2.06. The van der Waals surface area contributed by atoms with Crippen LogP contribution in [0.15, 0.2) is 35.9 Å². The van der Waals surface area contributed by atoms with Gasteiger partial charge in [0.05, 0.1) is 17.2 Å². The summed E-state index contributed by atoms with van der Waals surface area (Å²) in [6, 6.07) is 13.6. The molecule has 0 saturated heterocycles. The van der Waals surface area contributed by atoms with Gasteiger partial charge in [-0.1, -0.05) is 51.1 Å². The fourth-order valence-electron chi connectivity index (χ4n) is 1.47.